The van der Waals surface area contributed by atoms with Crippen LogP contribution in [0.1, 0.15) is 33.3 Å². The molecule has 0 radical (unpaired) electrons. The van der Waals surface area contributed by atoms with Crippen LogP contribution in [0.25, 0.3) is 0 Å². The van der Waals surface area contributed by atoms with E-state index in [0.717, 1.165) is 17.0 Å². The monoisotopic (exact) mass is 432 g/mol. The molecule has 2 heterocycles. The van der Waals surface area contributed by atoms with Gasteiger partial charge in [0, 0.05) is 11.1 Å². The second-order valence-corrected chi connectivity index (χ2v) is 7.40. The quantitative estimate of drug-likeness (QED) is 0.582. The van der Waals surface area contributed by atoms with Crippen LogP contribution in [-0.2, 0) is 16.1 Å². The Morgan fingerprint density at radius 3 is 2.63 bits per heavy atom. The van der Waals surface area contributed by atoms with E-state index in [4.69, 9.17) is 0 Å². The number of benzene rings is 1. The number of hydrogen-bond acceptors (Lipinski definition) is 5. The summed E-state index contributed by atoms with van der Waals surface area (Å²) in [6.45, 7) is -0.0341. The predicted molar refractivity (Wildman–Crippen MR) is 107 cm³/mol. The third-order valence-electron chi connectivity index (χ3n) is 4.39. The summed E-state index contributed by atoms with van der Waals surface area (Å²) < 4.78 is 32.5. The van der Waals surface area contributed by atoms with Crippen LogP contribution in [0.5, 0.6) is 0 Å². The average Bonchev–Trinajstić information content (AvgIpc) is 3.26. The van der Waals surface area contributed by atoms with Gasteiger partial charge in [-0.1, -0.05) is 12.1 Å². The summed E-state index contributed by atoms with van der Waals surface area (Å²) in [7, 11) is 1.25. The van der Waals surface area contributed by atoms with Crippen LogP contribution in [0, 0.1) is 11.6 Å². The molecule has 0 aliphatic rings. The van der Waals surface area contributed by atoms with Crippen LogP contribution in [0.4, 0.5) is 8.78 Å². The first-order chi connectivity index (χ1) is 14.4. The molecule has 0 saturated carbocycles. The molecule has 30 heavy (non-hydrogen) atoms. The van der Waals surface area contributed by atoms with E-state index in [9.17, 15) is 23.2 Å². The lowest BCUT2D eigenvalue weighted by Gasteiger charge is -2.16. The topological polar surface area (TPSA) is 77.4 Å². The lowest BCUT2D eigenvalue weighted by atomic mass is 10.1. The molecule has 1 amide bonds. The zero-order chi connectivity index (χ0) is 21.7. The van der Waals surface area contributed by atoms with Crippen molar-refractivity contribution in [1.82, 2.24) is 9.88 Å². The van der Waals surface area contributed by atoms with Gasteiger partial charge in [0.1, 0.15) is 5.56 Å². The summed E-state index contributed by atoms with van der Waals surface area (Å²) >= 11 is 1.36. The number of amides is 1. The number of nitrogens with zero attached hydrogens (tertiary/aromatic N) is 1. The van der Waals surface area contributed by atoms with Crippen molar-refractivity contribution >= 4 is 23.2 Å². The van der Waals surface area contributed by atoms with Crippen molar-refractivity contribution in [2.24, 2.45) is 0 Å². The fourth-order valence-electron chi connectivity index (χ4n) is 2.87. The number of hydrogen-bond donors (Lipinski definition) is 1. The van der Waals surface area contributed by atoms with Gasteiger partial charge in [-0.3, -0.25) is 14.4 Å². The number of ether oxygens (including phenoxy) is 1. The minimum Gasteiger partial charge on any atom is -0.469 e. The molecule has 0 fully saturated rings. The molecule has 2 aromatic heterocycles. The zero-order valence-corrected chi connectivity index (χ0v) is 16.7. The highest BCUT2D eigenvalue weighted by Crippen LogP contribution is 2.22. The molecule has 1 unspecified atom stereocenters. The highest BCUT2D eigenvalue weighted by Gasteiger charge is 2.22. The second-order valence-electron chi connectivity index (χ2n) is 6.43. The smallest absolute Gasteiger partial charge is 0.307 e. The minimum absolute atomic E-state index is 0.0341. The van der Waals surface area contributed by atoms with Gasteiger partial charge in [0.25, 0.3) is 11.5 Å². The molecule has 1 aromatic carbocycles. The van der Waals surface area contributed by atoms with Crippen LogP contribution in [0.3, 0.4) is 0 Å². The highest BCUT2D eigenvalue weighted by atomic mass is 32.1. The van der Waals surface area contributed by atoms with Gasteiger partial charge in [0.15, 0.2) is 11.6 Å². The van der Waals surface area contributed by atoms with E-state index in [1.54, 1.807) is 12.1 Å². The van der Waals surface area contributed by atoms with Gasteiger partial charge in [0.2, 0.25) is 0 Å². The average molecular weight is 432 g/mol. The molecule has 156 valence electrons. The van der Waals surface area contributed by atoms with Gasteiger partial charge < -0.3 is 14.6 Å². The van der Waals surface area contributed by atoms with Crippen molar-refractivity contribution in [3.63, 3.8) is 0 Å². The Morgan fingerprint density at radius 1 is 1.17 bits per heavy atom. The Labute approximate surface area is 174 Å². The van der Waals surface area contributed by atoms with Crippen molar-refractivity contribution in [3.05, 3.63) is 92.0 Å². The van der Waals surface area contributed by atoms with Crippen LogP contribution in [0.2, 0.25) is 0 Å². The minimum atomic E-state index is -1.02. The number of methoxy groups -OCH3 is 1. The van der Waals surface area contributed by atoms with Gasteiger partial charge in [-0.05, 0) is 41.3 Å². The first-order valence-corrected chi connectivity index (χ1v) is 9.81. The first kappa shape index (κ1) is 21.4. The Kier molecular flexibility index (Phi) is 6.73. The number of esters is 1. The van der Waals surface area contributed by atoms with Gasteiger partial charge in [-0.25, -0.2) is 8.78 Å². The summed E-state index contributed by atoms with van der Waals surface area (Å²) in [6.07, 6.45) is 1.37. The normalized spacial score (nSPS) is 11.7. The van der Waals surface area contributed by atoms with E-state index in [-0.39, 0.29) is 18.5 Å². The summed E-state index contributed by atoms with van der Waals surface area (Å²) in [5.74, 6) is -3.15. The van der Waals surface area contributed by atoms with Crippen LogP contribution in [0.15, 0.2) is 58.8 Å². The van der Waals surface area contributed by atoms with Crippen molar-refractivity contribution in [3.8, 4) is 0 Å². The molecule has 6 nitrogen and oxygen atoms in total. The molecule has 3 aromatic rings. The third-order valence-corrected chi connectivity index (χ3v) is 5.38. The molecular weight excluding hydrogens is 414 g/mol. The Balaban J connectivity index is 1.83. The zero-order valence-electron chi connectivity index (χ0n) is 15.9. The maximum Gasteiger partial charge on any atom is 0.307 e. The molecule has 0 bridgehead atoms. The van der Waals surface area contributed by atoms with E-state index < -0.39 is 35.1 Å². The van der Waals surface area contributed by atoms with E-state index in [1.807, 2.05) is 5.38 Å². The van der Waals surface area contributed by atoms with Crippen molar-refractivity contribution in [1.29, 1.82) is 0 Å². The Bertz CT molecular complexity index is 1110. The number of nitrogens with one attached hydrogen (secondary N) is 1. The summed E-state index contributed by atoms with van der Waals surface area (Å²) in [4.78, 5) is 38.0. The molecule has 1 atom stereocenters. The van der Waals surface area contributed by atoms with Crippen LogP contribution >= 0.6 is 11.3 Å². The fourth-order valence-corrected chi connectivity index (χ4v) is 3.65. The number of rotatable bonds is 7. The Hall–Kier alpha value is -3.33. The van der Waals surface area contributed by atoms with Crippen LogP contribution in [-0.4, -0.2) is 23.6 Å². The van der Waals surface area contributed by atoms with Crippen molar-refractivity contribution < 1.29 is 23.1 Å². The lowest BCUT2D eigenvalue weighted by Crippen LogP contribution is -2.35. The molecule has 9 heteroatoms. The van der Waals surface area contributed by atoms with E-state index in [1.165, 1.54) is 47.4 Å². The lowest BCUT2D eigenvalue weighted by molar-refractivity contribution is -0.141. The number of halogens is 2. The summed E-state index contributed by atoms with van der Waals surface area (Å²) in [5, 5.41) is 4.51. The highest BCUT2D eigenvalue weighted by molar-refractivity contribution is 7.10. The summed E-state index contributed by atoms with van der Waals surface area (Å²) in [5.41, 5.74) is -0.357. The predicted octanol–water partition coefficient (Wildman–Crippen LogP) is 3.27. The van der Waals surface area contributed by atoms with Gasteiger partial charge in [-0.2, -0.15) is 0 Å². The van der Waals surface area contributed by atoms with Crippen molar-refractivity contribution in [2.75, 3.05) is 7.11 Å². The largest absolute Gasteiger partial charge is 0.469 e. The fraction of sp³-hybridized carbons (Fsp3) is 0.190. The van der Waals surface area contributed by atoms with Crippen LogP contribution < -0.4 is 10.9 Å². The van der Waals surface area contributed by atoms with E-state index in [2.05, 4.69) is 10.1 Å². The molecule has 3 rings (SSSR count). The maximum atomic E-state index is 13.4. The maximum absolute atomic E-state index is 13.4. The number of carbonyl (C=O) groups excluding carboxylic acids is 2. The first-order valence-electron chi connectivity index (χ1n) is 8.93. The van der Waals surface area contributed by atoms with Crippen molar-refractivity contribution in [2.45, 2.75) is 19.0 Å². The van der Waals surface area contributed by atoms with E-state index in [0.29, 0.717) is 5.56 Å². The SMILES string of the molecule is COC(=O)CC(NC(=O)c1cccn(Cc2ccc(F)c(F)c2)c1=O)c1cccs1. The van der Waals surface area contributed by atoms with Gasteiger partial charge >= 0.3 is 5.97 Å². The number of carbonyl (C=O) groups is 2. The van der Waals surface area contributed by atoms with E-state index >= 15 is 0 Å². The third kappa shape index (κ3) is 4.98. The standard InChI is InChI=1S/C21H18F2N2O4S/c1-29-19(26)11-17(18-5-3-9-30-18)24-20(27)14-4-2-8-25(21(14)28)12-13-6-7-15(22)16(23)10-13/h2-10,17H,11-12H2,1H3,(H,24,27). The van der Waals surface area contributed by atoms with Gasteiger partial charge in [-0.15, -0.1) is 11.3 Å². The van der Waals surface area contributed by atoms with Gasteiger partial charge in [0.05, 0.1) is 26.1 Å². The molecular formula is C21H18F2N2O4S. The molecule has 1 N–H and O–H groups in total. The number of aromatic nitrogens is 1. The summed E-state index contributed by atoms with van der Waals surface area (Å²) in [6, 6.07) is 9.12. The molecule has 0 spiro atoms. The number of pyridine rings is 1. The molecule has 0 aliphatic carbocycles. The number of thiophene rings is 1. The molecule has 0 aliphatic heterocycles. The second kappa shape index (κ2) is 9.45. The molecule has 0 saturated heterocycles. The Morgan fingerprint density at radius 2 is 1.97 bits per heavy atom.